The summed E-state index contributed by atoms with van der Waals surface area (Å²) in [5, 5.41) is 2.41. The third-order valence-corrected chi connectivity index (χ3v) is 7.97. The molecule has 0 saturated carbocycles. The highest BCUT2D eigenvalue weighted by Crippen LogP contribution is 2.50. The van der Waals surface area contributed by atoms with E-state index in [4.69, 9.17) is 4.55 Å². The van der Waals surface area contributed by atoms with Crippen molar-refractivity contribution in [2.45, 2.75) is 13.3 Å². The predicted molar refractivity (Wildman–Crippen MR) is 144 cm³/mol. The molecule has 4 aromatic rings. The van der Waals surface area contributed by atoms with Gasteiger partial charge in [0.05, 0.1) is 17.1 Å². The minimum Gasteiger partial charge on any atom is -0.309 e. The van der Waals surface area contributed by atoms with Gasteiger partial charge < -0.3 is 4.90 Å². The van der Waals surface area contributed by atoms with E-state index in [1.807, 2.05) is 0 Å². The highest BCUT2D eigenvalue weighted by molar-refractivity contribution is 8.03. The van der Waals surface area contributed by atoms with E-state index >= 15 is 0 Å². The second-order valence-electron chi connectivity index (χ2n) is 8.32. The molecule has 1 aliphatic heterocycles. The first kappa shape index (κ1) is 22.7. The summed E-state index contributed by atoms with van der Waals surface area (Å²) in [7, 11) is -3.93. The van der Waals surface area contributed by atoms with Crippen LogP contribution in [-0.2, 0) is 10.1 Å². The fourth-order valence-corrected chi connectivity index (χ4v) is 6.20. The van der Waals surface area contributed by atoms with Gasteiger partial charge in [-0.15, -0.1) is 11.8 Å². The number of fused-ring (bicyclic) bond motifs is 3. The number of rotatable bonds is 6. The molecule has 0 amide bonds. The summed E-state index contributed by atoms with van der Waals surface area (Å²) in [6.45, 7) is 2.09. The summed E-state index contributed by atoms with van der Waals surface area (Å²) in [5.41, 5.74) is 6.80. The van der Waals surface area contributed by atoms with Crippen LogP contribution in [0, 0.1) is 0 Å². The number of hydrogen-bond donors (Lipinski definition) is 1. The van der Waals surface area contributed by atoms with Gasteiger partial charge in [0.1, 0.15) is 0 Å². The van der Waals surface area contributed by atoms with Crippen LogP contribution < -0.4 is 4.90 Å². The third-order valence-electron chi connectivity index (χ3n) is 6.04. The molecule has 0 aliphatic carbocycles. The average Bonchev–Trinajstić information content (AvgIpc) is 2.84. The van der Waals surface area contributed by atoms with Crippen LogP contribution in [0.4, 0.5) is 17.1 Å². The molecule has 172 valence electrons. The van der Waals surface area contributed by atoms with Crippen LogP contribution in [0.2, 0.25) is 0 Å². The van der Waals surface area contributed by atoms with Crippen molar-refractivity contribution >= 4 is 55.3 Å². The fraction of sp³-hybridized carbons (Fsp3) is 0.143. The Morgan fingerprint density at radius 3 is 2.06 bits per heavy atom. The standard InChI is InChI=1S/C28H25NO3S2/c1-20(33-17-8-18-34(30,31)32)28-24-11-4-6-13-26(24)29(27-14-7-5-12-25(27)28)23-16-15-21-9-2-3-10-22(21)19-23/h2-7,9-16,19H,8,17-18H2,1H3,(H,30,31,32). The van der Waals surface area contributed by atoms with Crippen LogP contribution in [0.1, 0.15) is 24.5 Å². The molecule has 0 aromatic heterocycles. The van der Waals surface area contributed by atoms with Crippen molar-refractivity contribution in [1.82, 2.24) is 0 Å². The normalized spacial score (nSPS) is 13.0. The first-order chi connectivity index (χ1) is 16.4. The maximum absolute atomic E-state index is 11.1. The van der Waals surface area contributed by atoms with Crippen molar-refractivity contribution < 1.29 is 13.0 Å². The van der Waals surface area contributed by atoms with Gasteiger partial charge in [0, 0.05) is 22.4 Å². The molecule has 4 nitrogen and oxygen atoms in total. The Morgan fingerprint density at radius 1 is 0.824 bits per heavy atom. The van der Waals surface area contributed by atoms with E-state index in [-0.39, 0.29) is 5.75 Å². The first-order valence-electron chi connectivity index (χ1n) is 11.2. The molecule has 1 aliphatic rings. The van der Waals surface area contributed by atoms with E-state index in [1.165, 1.54) is 16.3 Å². The van der Waals surface area contributed by atoms with Gasteiger partial charge in [0.2, 0.25) is 0 Å². The van der Waals surface area contributed by atoms with Gasteiger partial charge in [0.15, 0.2) is 0 Å². The lowest BCUT2D eigenvalue weighted by Gasteiger charge is -2.35. The number of thioether (sulfide) groups is 1. The lowest BCUT2D eigenvalue weighted by Crippen LogP contribution is -2.18. The van der Waals surface area contributed by atoms with Crippen molar-refractivity contribution in [2.24, 2.45) is 0 Å². The fourth-order valence-electron chi connectivity index (χ4n) is 4.55. The summed E-state index contributed by atoms with van der Waals surface area (Å²) in [6.07, 6.45) is 0.403. The number of anilines is 3. The lowest BCUT2D eigenvalue weighted by atomic mass is 9.89. The Kier molecular flexibility index (Phi) is 6.21. The summed E-state index contributed by atoms with van der Waals surface area (Å²) >= 11 is 1.64. The summed E-state index contributed by atoms with van der Waals surface area (Å²) < 4.78 is 31.2. The molecule has 0 saturated heterocycles. The monoisotopic (exact) mass is 487 g/mol. The van der Waals surface area contributed by atoms with Gasteiger partial charge in [-0.3, -0.25) is 4.55 Å². The molecule has 0 radical (unpaired) electrons. The third kappa shape index (κ3) is 4.49. The molecule has 0 atom stereocenters. The molecule has 1 N–H and O–H groups in total. The van der Waals surface area contributed by atoms with Gasteiger partial charge in [0.25, 0.3) is 10.1 Å². The number of hydrogen-bond acceptors (Lipinski definition) is 4. The minimum atomic E-state index is -3.93. The van der Waals surface area contributed by atoms with Crippen LogP contribution in [0.25, 0.3) is 16.3 Å². The van der Waals surface area contributed by atoms with Crippen LogP contribution in [-0.4, -0.2) is 24.5 Å². The second kappa shape index (κ2) is 9.29. The Hall–Kier alpha value is -3.06. The van der Waals surface area contributed by atoms with Gasteiger partial charge in [-0.2, -0.15) is 8.42 Å². The SMILES string of the molecule is CC(SCCCS(=O)(=O)O)=C1c2ccccc2N(c2ccc3ccccc3c2)c2ccccc21. The van der Waals surface area contributed by atoms with Crippen molar-refractivity contribution in [2.75, 3.05) is 16.4 Å². The largest absolute Gasteiger partial charge is 0.309 e. The van der Waals surface area contributed by atoms with Gasteiger partial charge in [-0.1, -0.05) is 66.7 Å². The summed E-state index contributed by atoms with van der Waals surface area (Å²) in [6, 6.07) is 31.8. The lowest BCUT2D eigenvalue weighted by molar-refractivity contribution is 0.482. The van der Waals surface area contributed by atoms with E-state index in [0.717, 1.165) is 33.1 Å². The van der Waals surface area contributed by atoms with E-state index < -0.39 is 10.1 Å². The van der Waals surface area contributed by atoms with Crippen LogP contribution in [0.3, 0.4) is 0 Å². The molecule has 0 spiro atoms. The molecular weight excluding hydrogens is 462 g/mol. The highest BCUT2D eigenvalue weighted by atomic mass is 32.2. The maximum Gasteiger partial charge on any atom is 0.264 e. The Labute approximate surface area is 204 Å². The second-order valence-corrected chi connectivity index (χ2v) is 11.2. The maximum atomic E-state index is 11.1. The Bertz CT molecular complexity index is 1460. The molecule has 6 heteroatoms. The van der Waals surface area contributed by atoms with Crippen LogP contribution in [0.5, 0.6) is 0 Å². The molecule has 5 rings (SSSR count). The summed E-state index contributed by atoms with van der Waals surface area (Å²) in [4.78, 5) is 3.45. The van der Waals surface area contributed by atoms with Crippen molar-refractivity contribution in [3.8, 4) is 0 Å². The van der Waals surface area contributed by atoms with Gasteiger partial charge in [-0.25, -0.2) is 0 Å². The van der Waals surface area contributed by atoms with E-state index in [0.29, 0.717) is 12.2 Å². The Morgan fingerprint density at radius 2 is 1.41 bits per heavy atom. The van der Waals surface area contributed by atoms with Crippen molar-refractivity contribution in [3.63, 3.8) is 0 Å². The molecule has 0 bridgehead atoms. The Balaban J connectivity index is 1.61. The van der Waals surface area contributed by atoms with E-state index in [2.05, 4.69) is 103 Å². The van der Waals surface area contributed by atoms with Gasteiger partial charge in [-0.05, 0) is 59.0 Å². The molecule has 0 fully saturated rings. The van der Waals surface area contributed by atoms with E-state index in [1.54, 1.807) is 11.8 Å². The van der Waals surface area contributed by atoms with E-state index in [9.17, 15) is 8.42 Å². The topological polar surface area (TPSA) is 57.6 Å². The van der Waals surface area contributed by atoms with Crippen molar-refractivity contribution in [3.05, 3.63) is 107 Å². The quantitative estimate of drug-likeness (QED) is 0.200. The number of para-hydroxylation sites is 2. The zero-order valence-corrected chi connectivity index (χ0v) is 20.4. The van der Waals surface area contributed by atoms with Crippen molar-refractivity contribution in [1.29, 1.82) is 0 Å². The molecular formula is C28H25NO3S2. The smallest absolute Gasteiger partial charge is 0.264 e. The summed E-state index contributed by atoms with van der Waals surface area (Å²) in [5.74, 6) is 0.402. The zero-order chi connectivity index (χ0) is 23.7. The first-order valence-corrected chi connectivity index (χ1v) is 13.8. The number of nitrogens with zero attached hydrogens (tertiary/aromatic N) is 1. The number of allylic oxidation sites excluding steroid dienone is 1. The predicted octanol–water partition coefficient (Wildman–Crippen LogP) is 7.41. The molecule has 4 aromatic carbocycles. The molecule has 34 heavy (non-hydrogen) atoms. The average molecular weight is 488 g/mol. The highest BCUT2D eigenvalue weighted by Gasteiger charge is 2.28. The van der Waals surface area contributed by atoms with Gasteiger partial charge >= 0.3 is 0 Å². The van der Waals surface area contributed by atoms with Crippen LogP contribution in [0.15, 0.2) is 95.9 Å². The minimum absolute atomic E-state index is 0.217. The van der Waals surface area contributed by atoms with Crippen LogP contribution >= 0.6 is 11.8 Å². The molecule has 1 heterocycles. The number of benzene rings is 4. The molecule has 0 unspecified atom stereocenters. The zero-order valence-electron chi connectivity index (χ0n) is 18.8.